The van der Waals surface area contributed by atoms with Gasteiger partial charge in [0, 0.05) is 23.8 Å². The first-order chi connectivity index (χ1) is 9.74. The van der Waals surface area contributed by atoms with E-state index in [2.05, 4.69) is 13.8 Å². The molecule has 0 aromatic heterocycles. The first-order valence-electron chi connectivity index (χ1n) is 6.66. The summed E-state index contributed by atoms with van der Waals surface area (Å²) >= 11 is 0. The van der Waals surface area contributed by atoms with Crippen LogP contribution in [0.4, 0.5) is 0 Å². The lowest BCUT2D eigenvalue weighted by molar-refractivity contribution is 0.0781. The fourth-order valence-electron chi connectivity index (χ4n) is 2.47. The number of carbonyl (C=O) groups is 1. The zero-order valence-corrected chi connectivity index (χ0v) is 13.7. The summed E-state index contributed by atoms with van der Waals surface area (Å²) in [6.07, 6.45) is 0. The van der Waals surface area contributed by atoms with Crippen LogP contribution in [-0.2, 0) is 9.05 Å². The number of hydrogen-bond acceptors (Lipinski definition) is 4. The van der Waals surface area contributed by atoms with Crippen LogP contribution in [0, 0.1) is 11.8 Å². The third kappa shape index (κ3) is 3.32. The average Bonchev–Trinajstić information content (AvgIpc) is 2.76. The smallest absolute Gasteiger partial charge is 0.261 e. The molecule has 0 bridgehead atoms. The van der Waals surface area contributed by atoms with Gasteiger partial charge in [-0.1, -0.05) is 13.8 Å². The second kappa shape index (κ2) is 5.85. The van der Waals surface area contributed by atoms with Crippen LogP contribution in [0.3, 0.4) is 0 Å². The molecule has 116 valence electrons. The molecule has 1 aromatic rings. The molecule has 1 aliphatic rings. The van der Waals surface area contributed by atoms with Crippen LogP contribution >= 0.6 is 10.7 Å². The largest absolute Gasteiger partial charge is 0.496 e. The van der Waals surface area contributed by atoms with Gasteiger partial charge in [0.2, 0.25) is 0 Å². The lowest BCUT2D eigenvalue weighted by atomic mass is 10.0. The predicted molar refractivity (Wildman–Crippen MR) is 80.3 cm³/mol. The molecule has 1 heterocycles. The number of likely N-dealkylation sites (tertiary alicyclic amines) is 1. The van der Waals surface area contributed by atoms with E-state index >= 15 is 0 Å². The highest BCUT2D eigenvalue weighted by atomic mass is 35.7. The van der Waals surface area contributed by atoms with Gasteiger partial charge in [-0.25, -0.2) is 8.42 Å². The summed E-state index contributed by atoms with van der Waals surface area (Å²) in [5.74, 6) is 0.946. The van der Waals surface area contributed by atoms with Crippen molar-refractivity contribution in [3.63, 3.8) is 0 Å². The van der Waals surface area contributed by atoms with E-state index in [0.717, 1.165) is 0 Å². The Bertz CT molecular complexity index is 649. The number of benzene rings is 1. The van der Waals surface area contributed by atoms with Crippen molar-refractivity contribution < 1.29 is 17.9 Å². The molecule has 2 rings (SSSR count). The van der Waals surface area contributed by atoms with Gasteiger partial charge in [0.1, 0.15) is 5.75 Å². The van der Waals surface area contributed by atoms with Gasteiger partial charge in [-0.05, 0) is 30.0 Å². The van der Waals surface area contributed by atoms with Crippen LogP contribution in [0.2, 0.25) is 0 Å². The standard InChI is InChI=1S/C14H18ClNO4S/c1-9-7-16(8-10(9)2)14(17)12-6-11(21(15,18)19)4-5-13(12)20-3/h4-6,9-10H,7-8H2,1-3H3. The quantitative estimate of drug-likeness (QED) is 0.798. The maximum absolute atomic E-state index is 12.6. The molecule has 1 aromatic carbocycles. The Morgan fingerprint density at radius 2 is 1.86 bits per heavy atom. The van der Waals surface area contributed by atoms with Crippen molar-refractivity contribution in [2.45, 2.75) is 18.7 Å². The van der Waals surface area contributed by atoms with E-state index < -0.39 is 9.05 Å². The molecular formula is C14H18ClNO4S. The number of ether oxygens (including phenoxy) is 1. The van der Waals surface area contributed by atoms with Crippen molar-refractivity contribution in [2.75, 3.05) is 20.2 Å². The van der Waals surface area contributed by atoms with E-state index in [1.165, 1.54) is 25.3 Å². The Kier molecular flexibility index (Phi) is 4.49. The van der Waals surface area contributed by atoms with E-state index in [-0.39, 0.29) is 16.4 Å². The van der Waals surface area contributed by atoms with E-state index in [1.807, 2.05) is 0 Å². The fourth-order valence-corrected chi connectivity index (χ4v) is 3.25. The van der Waals surface area contributed by atoms with Crippen molar-refractivity contribution in [3.8, 4) is 5.75 Å². The molecule has 1 amide bonds. The van der Waals surface area contributed by atoms with E-state index in [1.54, 1.807) is 4.90 Å². The first kappa shape index (κ1) is 16.1. The van der Waals surface area contributed by atoms with Crippen LogP contribution in [0.15, 0.2) is 23.1 Å². The minimum atomic E-state index is -3.88. The van der Waals surface area contributed by atoms with Crippen LogP contribution in [0.25, 0.3) is 0 Å². The highest BCUT2D eigenvalue weighted by Crippen LogP contribution is 2.29. The second-order valence-corrected chi connectivity index (χ2v) is 8.03. The highest BCUT2D eigenvalue weighted by molar-refractivity contribution is 8.13. The molecule has 1 saturated heterocycles. The molecular weight excluding hydrogens is 314 g/mol. The third-order valence-electron chi connectivity index (χ3n) is 3.96. The van der Waals surface area contributed by atoms with Gasteiger partial charge in [0.05, 0.1) is 17.6 Å². The maximum atomic E-state index is 12.6. The molecule has 2 unspecified atom stereocenters. The van der Waals surface area contributed by atoms with Crippen molar-refractivity contribution in [1.29, 1.82) is 0 Å². The van der Waals surface area contributed by atoms with Gasteiger partial charge in [-0.3, -0.25) is 4.79 Å². The number of methoxy groups -OCH3 is 1. The fraction of sp³-hybridized carbons (Fsp3) is 0.500. The lowest BCUT2D eigenvalue weighted by Crippen LogP contribution is -2.29. The van der Waals surface area contributed by atoms with Crippen molar-refractivity contribution in [1.82, 2.24) is 4.90 Å². The zero-order valence-electron chi connectivity index (χ0n) is 12.2. The lowest BCUT2D eigenvalue weighted by Gasteiger charge is -2.18. The molecule has 2 atom stereocenters. The van der Waals surface area contributed by atoms with Crippen molar-refractivity contribution in [2.24, 2.45) is 11.8 Å². The number of rotatable bonds is 3. The number of carbonyl (C=O) groups excluding carboxylic acids is 1. The Morgan fingerprint density at radius 3 is 2.33 bits per heavy atom. The van der Waals surface area contributed by atoms with Gasteiger partial charge < -0.3 is 9.64 Å². The van der Waals surface area contributed by atoms with Crippen LogP contribution in [0.5, 0.6) is 5.75 Å². The summed E-state index contributed by atoms with van der Waals surface area (Å²) in [6.45, 7) is 5.49. The molecule has 7 heteroatoms. The van der Waals surface area contributed by atoms with Crippen molar-refractivity contribution >= 4 is 25.6 Å². The maximum Gasteiger partial charge on any atom is 0.261 e. The third-order valence-corrected chi connectivity index (χ3v) is 5.31. The van der Waals surface area contributed by atoms with E-state index in [0.29, 0.717) is 30.7 Å². The Labute approximate surface area is 129 Å². The summed E-state index contributed by atoms with van der Waals surface area (Å²) in [7, 11) is 2.90. The Morgan fingerprint density at radius 1 is 1.29 bits per heavy atom. The van der Waals surface area contributed by atoms with Gasteiger partial charge in [-0.15, -0.1) is 0 Å². The minimum absolute atomic E-state index is 0.103. The molecule has 21 heavy (non-hydrogen) atoms. The van der Waals surface area contributed by atoms with Gasteiger partial charge in [0.25, 0.3) is 15.0 Å². The van der Waals surface area contributed by atoms with E-state index in [9.17, 15) is 13.2 Å². The molecule has 0 saturated carbocycles. The SMILES string of the molecule is COc1ccc(S(=O)(=O)Cl)cc1C(=O)N1CC(C)C(C)C1. The summed E-state index contributed by atoms with van der Waals surface area (Å²) < 4.78 is 28.0. The molecule has 0 N–H and O–H groups in total. The van der Waals surface area contributed by atoms with Crippen LogP contribution in [0.1, 0.15) is 24.2 Å². The molecule has 0 spiro atoms. The Hall–Kier alpha value is -1.27. The molecule has 0 aliphatic carbocycles. The van der Waals surface area contributed by atoms with Crippen molar-refractivity contribution in [3.05, 3.63) is 23.8 Å². The summed E-state index contributed by atoms with van der Waals surface area (Å²) in [6, 6.07) is 4.05. The zero-order chi connectivity index (χ0) is 15.8. The van der Waals surface area contributed by atoms with Gasteiger partial charge in [-0.2, -0.15) is 0 Å². The van der Waals surface area contributed by atoms with Crippen LogP contribution in [-0.4, -0.2) is 39.4 Å². The van der Waals surface area contributed by atoms with E-state index in [4.69, 9.17) is 15.4 Å². The Balaban J connectivity index is 2.40. The summed E-state index contributed by atoms with van der Waals surface area (Å²) in [5.41, 5.74) is 0.223. The summed E-state index contributed by atoms with van der Waals surface area (Å²) in [5, 5.41) is 0. The topological polar surface area (TPSA) is 63.7 Å². The monoisotopic (exact) mass is 331 g/mol. The summed E-state index contributed by atoms with van der Waals surface area (Å²) in [4.78, 5) is 14.2. The van der Waals surface area contributed by atoms with Gasteiger partial charge >= 0.3 is 0 Å². The number of nitrogens with zero attached hydrogens (tertiary/aromatic N) is 1. The predicted octanol–water partition coefficient (Wildman–Crippen LogP) is 2.35. The normalized spacial score (nSPS) is 22.4. The number of halogens is 1. The molecule has 5 nitrogen and oxygen atoms in total. The average molecular weight is 332 g/mol. The number of hydrogen-bond donors (Lipinski definition) is 0. The second-order valence-electron chi connectivity index (χ2n) is 5.46. The molecule has 0 radical (unpaired) electrons. The minimum Gasteiger partial charge on any atom is -0.496 e. The highest BCUT2D eigenvalue weighted by Gasteiger charge is 2.31. The molecule has 1 fully saturated rings. The van der Waals surface area contributed by atoms with Gasteiger partial charge in [0.15, 0.2) is 0 Å². The first-order valence-corrected chi connectivity index (χ1v) is 8.97. The van der Waals surface area contributed by atoms with Crippen LogP contribution < -0.4 is 4.74 Å². The number of amides is 1. The molecule has 1 aliphatic heterocycles.